The van der Waals surface area contributed by atoms with Crippen LogP contribution in [-0.4, -0.2) is 7.11 Å². The van der Waals surface area contributed by atoms with Crippen molar-refractivity contribution in [2.24, 2.45) is 0 Å². The maximum Gasteiger partial charge on any atom is 0.119 e. The number of methoxy groups -OCH3 is 1. The van der Waals surface area contributed by atoms with Crippen LogP contribution in [0.2, 0.25) is 5.02 Å². The molecular formula is C15H16ClNO. The van der Waals surface area contributed by atoms with Crippen LogP contribution in [0, 0.1) is 13.8 Å². The average Bonchev–Trinajstić information content (AvgIpc) is 2.37. The number of halogens is 1. The molecule has 18 heavy (non-hydrogen) atoms. The van der Waals surface area contributed by atoms with Crippen LogP contribution in [-0.2, 0) is 0 Å². The monoisotopic (exact) mass is 261 g/mol. The number of rotatable bonds is 3. The molecule has 0 aromatic heterocycles. The summed E-state index contributed by atoms with van der Waals surface area (Å²) in [5.41, 5.74) is 4.26. The normalized spacial score (nSPS) is 10.2. The van der Waals surface area contributed by atoms with E-state index < -0.39 is 0 Å². The highest BCUT2D eigenvalue weighted by Crippen LogP contribution is 2.29. The zero-order valence-corrected chi connectivity index (χ0v) is 11.5. The maximum atomic E-state index is 6.11. The summed E-state index contributed by atoms with van der Waals surface area (Å²) in [6, 6.07) is 11.8. The van der Waals surface area contributed by atoms with Crippen LogP contribution >= 0.6 is 11.6 Å². The summed E-state index contributed by atoms with van der Waals surface area (Å²) in [5, 5.41) is 4.16. The van der Waals surface area contributed by atoms with Crippen molar-refractivity contribution in [3.8, 4) is 5.75 Å². The molecule has 0 aliphatic carbocycles. The molecule has 0 amide bonds. The van der Waals surface area contributed by atoms with Crippen LogP contribution in [0.1, 0.15) is 11.1 Å². The highest BCUT2D eigenvalue weighted by molar-refractivity contribution is 6.31. The number of hydrogen-bond acceptors (Lipinski definition) is 2. The Labute approximate surface area is 113 Å². The van der Waals surface area contributed by atoms with Crippen molar-refractivity contribution in [2.75, 3.05) is 12.4 Å². The Morgan fingerprint density at radius 3 is 2.50 bits per heavy atom. The van der Waals surface area contributed by atoms with Gasteiger partial charge in [0.2, 0.25) is 0 Å². The van der Waals surface area contributed by atoms with Gasteiger partial charge in [0.25, 0.3) is 0 Å². The second-order valence-electron chi connectivity index (χ2n) is 4.22. The van der Waals surface area contributed by atoms with Crippen LogP contribution in [0.3, 0.4) is 0 Å². The topological polar surface area (TPSA) is 21.3 Å². The summed E-state index contributed by atoms with van der Waals surface area (Å²) in [4.78, 5) is 0. The fourth-order valence-electron chi connectivity index (χ4n) is 1.79. The van der Waals surface area contributed by atoms with Crippen LogP contribution in [0.4, 0.5) is 11.4 Å². The minimum Gasteiger partial charge on any atom is -0.497 e. The molecule has 2 nitrogen and oxygen atoms in total. The lowest BCUT2D eigenvalue weighted by Gasteiger charge is -2.13. The quantitative estimate of drug-likeness (QED) is 0.864. The third-order valence-electron chi connectivity index (χ3n) is 2.97. The van der Waals surface area contributed by atoms with Gasteiger partial charge in [-0.1, -0.05) is 17.7 Å². The first-order chi connectivity index (χ1) is 8.61. The summed E-state index contributed by atoms with van der Waals surface area (Å²) in [6.07, 6.45) is 0. The minimum atomic E-state index is 0.770. The number of ether oxygens (including phenoxy) is 1. The molecule has 0 spiro atoms. The van der Waals surface area contributed by atoms with Crippen molar-refractivity contribution in [1.82, 2.24) is 0 Å². The van der Waals surface area contributed by atoms with E-state index in [0.29, 0.717) is 0 Å². The Hall–Kier alpha value is -1.67. The van der Waals surface area contributed by atoms with E-state index in [4.69, 9.17) is 16.3 Å². The lowest BCUT2D eigenvalue weighted by molar-refractivity contribution is 0.414. The van der Waals surface area contributed by atoms with Gasteiger partial charge in [0.1, 0.15) is 5.75 Å². The zero-order valence-electron chi connectivity index (χ0n) is 10.8. The number of anilines is 2. The lowest BCUT2D eigenvalue weighted by Crippen LogP contribution is -1.96. The van der Waals surface area contributed by atoms with Crippen LogP contribution in [0.25, 0.3) is 0 Å². The summed E-state index contributed by atoms with van der Waals surface area (Å²) < 4.78 is 5.19. The third kappa shape index (κ3) is 2.59. The predicted octanol–water partition coefficient (Wildman–Crippen LogP) is 4.71. The van der Waals surface area contributed by atoms with Crippen LogP contribution in [0.15, 0.2) is 36.4 Å². The van der Waals surface area contributed by atoms with E-state index in [-0.39, 0.29) is 0 Å². The Morgan fingerprint density at radius 1 is 1.06 bits per heavy atom. The molecule has 0 bridgehead atoms. The van der Waals surface area contributed by atoms with E-state index in [2.05, 4.69) is 5.32 Å². The van der Waals surface area contributed by atoms with E-state index in [0.717, 1.165) is 33.3 Å². The molecule has 2 aromatic rings. The van der Waals surface area contributed by atoms with Crippen molar-refractivity contribution in [2.45, 2.75) is 13.8 Å². The highest BCUT2D eigenvalue weighted by Gasteiger charge is 2.05. The standard InChI is InChI=1S/C15H16ClNO/c1-10-9-12(18-3)7-8-14(10)17-15-6-4-5-13(16)11(15)2/h4-9,17H,1-3H3. The highest BCUT2D eigenvalue weighted by atomic mass is 35.5. The molecule has 0 radical (unpaired) electrons. The summed E-state index contributed by atoms with van der Waals surface area (Å²) in [6.45, 7) is 4.05. The van der Waals surface area contributed by atoms with Gasteiger partial charge in [-0.15, -0.1) is 0 Å². The molecule has 0 saturated heterocycles. The van der Waals surface area contributed by atoms with Gasteiger partial charge in [0.05, 0.1) is 7.11 Å². The second kappa shape index (κ2) is 5.32. The van der Waals surface area contributed by atoms with Crippen molar-refractivity contribution in [3.05, 3.63) is 52.5 Å². The van der Waals surface area contributed by atoms with E-state index >= 15 is 0 Å². The average molecular weight is 262 g/mol. The number of aryl methyl sites for hydroxylation is 1. The fraction of sp³-hybridized carbons (Fsp3) is 0.200. The number of benzene rings is 2. The minimum absolute atomic E-state index is 0.770. The Kier molecular flexibility index (Phi) is 3.78. The molecular weight excluding hydrogens is 246 g/mol. The molecule has 3 heteroatoms. The van der Waals surface area contributed by atoms with Gasteiger partial charge in [0.15, 0.2) is 0 Å². The molecule has 2 aromatic carbocycles. The van der Waals surface area contributed by atoms with Crippen molar-refractivity contribution >= 4 is 23.0 Å². The molecule has 0 aliphatic heterocycles. The first-order valence-corrected chi connectivity index (χ1v) is 6.16. The van der Waals surface area contributed by atoms with Crippen molar-refractivity contribution in [1.29, 1.82) is 0 Å². The Balaban J connectivity index is 2.31. The first-order valence-electron chi connectivity index (χ1n) is 5.78. The zero-order chi connectivity index (χ0) is 13.1. The van der Waals surface area contributed by atoms with Gasteiger partial charge < -0.3 is 10.1 Å². The van der Waals surface area contributed by atoms with E-state index in [1.165, 1.54) is 0 Å². The van der Waals surface area contributed by atoms with Crippen molar-refractivity contribution < 1.29 is 4.74 Å². The van der Waals surface area contributed by atoms with Gasteiger partial charge in [-0.05, 0) is 55.3 Å². The van der Waals surface area contributed by atoms with Gasteiger partial charge in [0, 0.05) is 16.4 Å². The van der Waals surface area contributed by atoms with Crippen LogP contribution < -0.4 is 10.1 Å². The third-order valence-corrected chi connectivity index (χ3v) is 3.38. The molecule has 0 saturated carbocycles. The van der Waals surface area contributed by atoms with Crippen LogP contribution in [0.5, 0.6) is 5.75 Å². The predicted molar refractivity (Wildman–Crippen MR) is 77.2 cm³/mol. The van der Waals surface area contributed by atoms with Gasteiger partial charge in [-0.3, -0.25) is 0 Å². The Bertz CT molecular complexity index is 566. The molecule has 0 aliphatic rings. The summed E-state index contributed by atoms with van der Waals surface area (Å²) in [5.74, 6) is 0.862. The molecule has 2 rings (SSSR count). The largest absolute Gasteiger partial charge is 0.497 e. The van der Waals surface area contributed by atoms with Gasteiger partial charge >= 0.3 is 0 Å². The summed E-state index contributed by atoms with van der Waals surface area (Å²) in [7, 11) is 1.67. The second-order valence-corrected chi connectivity index (χ2v) is 4.63. The van der Waals surface area contributed by atoms with E-state index in [1.54, 1.807) is 7.11 Å². The van der Waals surface area contributed by atoms with Gasteiger partial charge in [-0.2, -0.15) is 0 Å². The van der Waals surface area contributed by atoms with Gasteiger partial charge in [-0.25, -0.2) is 0 Å². The molecule has 0 heterocycles. The Morgan fingerprint density at radius 2 is 1.83 bits per heavy atom. The SMILES string of the molecule is COc1ccc(Nc2cccc(Cl)c2C)c(C)c1. The smallest absolute Gasteiger partial charge is 0.119 e. The number of hydrogen-bond donors (Lipinski definition) is 1. The molecule has 0 unspecified atom stereocenters. The molecule has 94 valence electrons. The maximum absolute atomic E-state index is 6.11. The summed E-state index contributed by atoms with van der Waals surface area (Å²) >= 11 is 6.11. The molecule has 0 fully saturated rings. The first kappa shape index (κ1) is 12.8. The van der Waals surface area contributed by atoms with E-state index in [1.807, 2.05) is 50.2 Å². The number of nitrogens with one attached hydrogen (secondary N) is 1. The van der Waals surface area contributed by atoms with E-state index in [9.17, 15) is 0 Å². The molecule has 0 atom stereocenters. The lowest BCUT2D eigenvalue weighted by atomic mass is 10.1. The fourth-order valence-corrected chi connectivity index (χ4v) is 1.97. The molecule has 1 N–H and O–H groups in total. The van der Waals surface area contributed by atoms with Crippen molar-refractivity contribution in [3.63, 3.8) is 0 Å².